The van der Waals surface area contributed by atoms with E-state index < -0.39 is 0 Å². The maximum atomic E-state index is 11.6. The number of rotatable bonds is 4. The second-order valence-corrected chi connectivity index (χ2v) is 5.44. The van der Waals surface area contributed by atoms with Crippen molar-refractivity contribution in [2.24, 2.45) is 0 Å². The Kier molecular flexibility index (Phi) is 4.25. The van der Waals surface area contributed by atoms with Gasteiger partial charge in [-0.15, -0.1) is 11.3 Å². The molecule has 3 rings (SSSR count). The van der Waals surface area contributed by atoms with Crippen LogP contribution in [-0.2, 0) is 4.74 Å². The van der Waals surface area contributed by atoms with Crippen molar-refractivity contribution in [1.29, 1.82) is 0 Å². The zero-order valence-corrected chi connectivity index (χ0v) is 12.8. The molecule has 2 heterocycles. The van der Waals surface area contributed by atoms with Crippen molar-refractivity contribution >= 4 is 40.4 Å². The standard InChI is InChI=1S/C17H14N2O2S/c1-2-21-17(20)15-11-22-16(19-15)10-9-13-8-7-12-5-3-4-6-14(12)18-13/h3-11H,2H2,1H3. The number of carbonyl (C=O) groups is 1. The first-order valence-electron chi connectivity index (χ1n) is 6.93. The average molecular weight is 310 g/mol. The first kappa shape index (κ1) is 14.4. The predicted octanol–water partition coefficient (Wildman–Crippen LogP) is 4.04. The molecule has 0 fully saturated rings. The van der Waals surface area contributed by atoms with E-state index in [9.17, 15) is 4.79 Å². The Morgan fingerprint density at radius 1 is 1.18 bits per heavy atom. The Morgan fingerprint density at radius 3 is 2.91 bits per heavy atom. The molecule has 0 atom stereocenters. The molecule has 0 saturated carbocycles. The summed E-state index contributed by atoms with van der Waals surface area (Å²) in [5.41, 5.74) is 2.15. The molecule has 0 radical (unpaired) electrons. The first-order valence-corrected chi connectivity index (χ1v) is 7.81. The molecular formula is C17H14N2O2S. The topological polar surface area (TPSA) is 52.1 Å². The fourth-order valence-electron chi connectivity index (χ4n) is 1.99. The highest BCUT2D eigenvalue weighted by Gasteiger charge is 2.09. The van der Waals surface area contributed by atoms with Crippen molar-refractivity contribution in [3.63, 3.8) is 0 Å². The largest absolute Gasteiger partial charge is 0.461 e. The number of aromatic nitrogens is 2. The third-order valence-corrected chi connectivity index (χ3v) is 3.83. The molecule has 2 aromatic heterocycles. The molecule has 0 aliphatic rings. The second-order valence-electron chi connectivity index (χ2n) is 4.55. The van der Waals surface area contributed by atoms with E-state index in [-0.39, 0.29) is 5.97 Å². The van der Waals surface area contributed by atoms with Crippen LogP contribution in [0.1, 0.15) is 28.1 Å². The number of nitrogens with zero attached hydrogens (tertiary/aromatic N) is 2. The van der Waals surface area contributed by atoms with Gasteiger partial charge >= 0.3 is 5.97 Å². The molecule has 0 bridgehead atoms. The summed E-state index contributed by atoms with van der Waals surface area (Å²) in [4.78, 5) is 20.4. The molecule has 22 heavy (non-hydrogen) atoms. The van der Waals surface area contributed by atoms with Gasteiger partial charge in [0.05, 0.1) is 17.8 Å². The molecule has 0 N–H and O–H groups in total. The second kappa shape index (κ2) is 6.49. The lowest BCUT2D eigenvalue weighted by molar-refractivity contribution is 0.0520. The van der Waals surface area contributed by atoms with Crippen LogP contribution >= 0.6 is 11.3 Å². The van der Waals surface area contributed by atoms with Gasteiger partial charge in [-0.2, -0.15) is 0 Å². The zero-order chi connectivity index (χ0) is 15.4. The molecule has 4 nitrogen and oxygen atoms in total. The Labute approximate surface area is 132 Å². The van der Waals surface area contributed by atoms with E-state index in [1.165, 1.54) is 11.3 Å². The number of carbonyl (C=O) groups excluding carboxylic acids is 1. The van der Waals surface area contributed by atoms with Crippen LogP contribution in [0.25, 0.3) is 23.1 Å². The van der Waals surface area contributed by atoms with Gasteiger partial charge < -0.3 is 4.74 Å². The Bertz CT molecular complexity index is 839. The normalized spacial score (nSPS) is 11.1. The van der Waals surface area contributed by atoms with Gasteiger partial charge in [0.15, 0.2) is 5.69 Å². The van der Waals surface area contributed by atoms with Gasteiger partial charge in [0, 0.05) is 10.8 Å². The van der Waals surface area contributed by atoms with Gasteiger partial charge in [0.25, 0.3) is 0 Å². The van der Waals surface area contributed by atoms with E-state index in [1.54, 1.807) is 12.3 Å². The van der Waals surface area contributed by atoms with Gasteiger partial charge in [-0.1, -0.05) is 24.3 Å². The summed E-state index contributed by atoms with van der Waals surface area (Å²) < 4.78 is 4.92. The van der Waals surface area contributed by atoms with Crippen molar-refractivity contribution in [2.75, 3.05) is 6.61 Å². The molecule has 5 heteroatoms. The molecule has 0 unspecified atom stereocenters. The molecule has 3 aromatic rings. The summed E-state index contributed by atoms with van der Waals surface area (Å²) in [6, 6.07) is 12.0. The number of pyridine rings is 1. The number of thiazole rings is 1. The van der Waals surface area contributed by atoms with Gasteiger partial charge in [0.1, 0.15) is 5.01 Å². The van der Waals surface area contributed by atoms with Crippen LogP contribution in [0, 0.1) is 0 Å². The van der Waals surface area contributed by atoms with Crippen molar-refractivity contribution in [1.82, 2.24) is 9.97 Å². The Morgan fingerprint density at radius 2 is 2.05 bits per heavy atom. The minimum Gasteiger partial charge on any atom is -0.461 e. The molecule has 1 aromatic carbocycles. The maximum Gasteiger partial charge on any atom is 0.357 e. The van der Waals surface area contributed by atoms with Gasteiger partial charge in [-0.3, -0.25) is 0 Å². The van der Waals surface area contributed by atoms with Gasteiger partial charge in [-0.05, 0) is 31.2 Å². The summed E-state index contributed by atoms with van der Waals surface area (Å²) in [5.74, 6) is -0.387. The van der Waals surface area contributed by atoms with Gasteiger partial charge in [0.2, 0.25) is 0 Å². The lowest BCUT2D eigenvalue weighted by Crippen LogP contribution is -2.04. The summed E-state index contributed by atoms with van der Waals surface area (Å²) in [7, 11) is 0. The van der Waals surface area contributed by atoms with Crippen LogP contribution in [0.2, 0.25) is 0 Å². The minimum absolute atomic E-state index is 0.345. The summed E-state index contributed by atoms with van der Waals surface area (Å²) in [6.45, 7) is 2.12. The van der Waals surface area contributed by atoms with Crippen molar-refractivity contribution in [3.05, 3.63) is 58.2 Å². The van der Waals surface area contributed by atoms with E-state index in [0.717, 1.165) is 21.6 Å². The summed E-state index contributed by atoms with van der Waals surface area (Å²) >= 11 is 1.40. The van der Waals surface area contributed by atoms with E-state index in [2.05, 4.69) is 9.97 Å². The molecule has 0 saturated heterocycles. The SMILES string of the molecule is CCOC(=O)c1csc(C=Cc2ccc3ccccc3n2)n1. The van der Waals surface area contributed by atoms with E-state index >= 15 is 0 Å². The van der Waals surface area contributed by atoms with Crippen LogP contribution in [0.3, 0.4) is 0 Å². The summed E-state index contributed by atoms with van der Waals surface area (Å²) in [6.07, 6.45) is 3.74. The van der Waals surface area contributed by atoms with Crippen LogP contribution in [0.15, 0.2) is 41.8 Å². The molecule has 0 spiro atoms. The van der Waals surface area contributed by atoms with E-state index in [4.69, 9.17) is 4.74 Å². The summed E-state index contributed by atoms with van der Waals surface area (Å²) in [5, 5.41) is 3.56. The monoisotopic (exact) mass is 310 g/mol. The number of hydrogen-bond acceptors (Lipinski definition) is 5. The van der Waals surface area contributed by atoms with Crippen LogP contribution in [0.4, 0.5) is 0 Å². The third-order valence-electron chi connectivity index (χ3n) is 3.02. The van der Waals surface area contributed by atoms with Crippen molar-refractivity contribution < 1.29 is 9.53 Å². The lowest BCUT2D eigenvalue weighted by atomic mass is 10.2. The fraction of sp³-hybridized carbons (Fsp3) is 0.118. The van der Waals surface area contributed by atoms with Crippen LogP contribution in [0.5, 0.6) is 0 Å². The highest BCUT2D eigenvalue weighted by atomic mass is 32.1. The number of para-hydroxylation sites is 1. The molecule has 0 aliphatic carbocycles. The Balaban J connectivity index is 1.79. The quantitative estimate of drug-likeness (QED) is 0.682. The highest BCUT2D eigenvalue weighted by molar-refractivity contribution is 7.10. The molecular weight excluding hydrogens is 296 g/mol. The minimum atomic E-state index is -0.387. The zero-order valence-electron chi connectivity index (χ0n) is 12.0. The highest BCUT2D eigenvalue weighted by Crippen LogP contribution is 2.16. The number of fused-ring (bicyclic) bond motifs is 1. The molecule has 110 valence electrons. The molecule has 0 aliphatic heterocycles. The predicted molar refractivity (Wildman–Crippen MR) is 88.7 cm³/mol. The van der Waals surface area contributed by atoms with Gasteiger partial charge in [-0.25, -0.2) is 14.8 Å². The van der Waals surface area contributed by atoms with Crippen LogP contribution in [-0.4, -0.2) is 22.5 Å². The average Bonchev–Trinajstić information content (AvgIpc) is 3.02. The maximum absolute atomic E-state index is 11.6. The van der Waals surface area contributed by atoms with E-state index in [1.807, 2.05) is 48.6 Å². The number of hydrogen-bond donors (Lipinski definition) is 0. The number of benzene rings is 1. The van der Waals surface area contributed by atoms with Crippen molar-refractivity contribution in [2.45, 2.75) is 6.92 Å². The Hall–Kier alpha value is -2.53. The van der Waals surface area contributed by atoms with Crippen molar-refractivity contribution in [3.8, 4) is 0 Å². The number of esters is 1. The number of ether oxygens (including phenoxy) is 1. The smallest absolute Gasteiger partial charge is 0.357 e. The van der Waals surface area contributed by atoms with E-state index in [0.29, 0.717) is 12.3 Å². The third kappa shape index (κ3) is 3.20. The first-order chi connectivity index (χ1) is 10.8. The lowest BCUT2D eigenvalue weighted by Gasteiger charge is -1.97. The van der Waals surface area contributed by atoms with Crippen LogP contribution < -0.4 is 0 Å². The fourth-order valence-corrected chi connectivity index (χ4v) is 2.67. The molecule has 0 amide bonds.